The fraction of sp³-hybridized carbons (Fsp3) is 0.667. The second-order valence-corrected chi connectivity index (χ2v) is 7.62. The molecule has 1 aromatic carbocycles. The van der Waals surface area contributed by atoms with Crippen molar-refractivity contribution in [3.05, 3.63) is 23.8 Å². The smallest absolute Gasteiger partial charge is 0.228 e. The molecule has 1 aromatic rings. The first-order valence-electron chi connectivity index (χ1n) is 9.99. The summed E-state index contributed by atoms with van der Waals surface area (Å²) in [6.45, 7) is 2.55. The summed E-state index contributed by atoms with van der Waals surface area (Å²) < 4.78 is 17.2. The standard InChI is InChI=1S/C21H32N2O4.ClH/c1-25-15-21(10-12-22-13-11-21)20(24)23-14-16-6-5-9-18(26-2)19(16)27-17-7-3-4-8-17;/h5-6,9,17,22H,3-4,7-8,10-15H2,1-2H3,(H,23,24);1H. The van der Waals surface area contributed by atoms with Crippen molar-refractivity contribution in [3.8, 4) is 11.5 Å². The second kappa shape index (κ2) is 10.9. The second-order valence-electron chi connectivity index (χ2n) is 7.62. The van der Waals surface area contributed by atoms with Crippen molar-refractivity contribution in [2.24, 2.45) is 5.41 Å². The van der Waals surface area contributed by atoms with Crippen LogP contribution in [-0.2, 0) is 16.1 Å². The van der Waals surface area contributed by atoms with E-state index >= 15 is 0 Å². The van der Waals surface area contributed by atoms with Crippen molar-refractivity contribution in [2.45, 2.75) is 51.2 Å². The molecule has 0 radical (unpaired) electrons. The highest BCUT2D eigenvalue weighted by Crippen LogP contribution is 2.35. The lowest BCUT2D eigenvalue weighted by molar-refractivity contribution is -0.136. The van der Waals surface area contributed by atoms with E-state index in [0.717, 1.165) is 55.8 Å². The molecule has 0 atom stereocenters. The summed E-state index contributed by atoms with van der Waals surface area (Å²) >= 11 is 0. The molecule has 158 valence electrons. The van der Waals surface area contributed by atoms with Crippen LogP contribution in [0.25, 0.3) is 0 Å². The van der Waals surface area contributed by atoms with Crippen LogP contribution in [0.5, 0.6) is 11.5 Å². The number of rotatable bonds is 8. The zero-order valence-corrected chi connectivity index (χ0v) is 17.7. The average molecular weight is 413 g/mol. The van der Waals surface area contributed by atoms with Crippen molar-refractivity contribution in [1.29, 1.82) is 0 Å². The lowest BCUT2D eigenvalue weighted by Gasteiger charge is -2.35. The molecule has 1 saturated heterocycles. The van der Waals surface area contributed by atoms with Crippen LogP contribution in [0.15, 0.2) is 18.2 Å². The number of benzene rings is 1. The van der Waals surface area contributed by atoms with Gasteiger partial charge < -0.3 is 24.8 Å². The maximum absolute atomic E-state index is 13.0. The minimum Gasteiger partial charge on any atom is -0.493 e. The van der Waals surface area contributed by atoms with Gasteiger partial charge in [-0.05, 0) is 57.7 Å². The van der Waals surface area contributed by atoms with Crippen LogP contribution in [0.2, 0.25) is 0 Å². The van der Waals surface area contributed by atoms with Gasteiger partial charge in [-0.3, -0.25) is 4.79 Å². The molecule has 28 heavy (non-hydrogen) atoms. The highest BCUT2D eigenvalue weighted by molar-refractivity contribution is 5.85. The summed E-state index contributed by atoms with van der Waals surface area (Å²) in [6, 6.07) is 5.85. The van der Waals surface area contributed by atoms with E-state index in [1.165, 1.54) is 12.8 Å². The first kappa shape index (κ1) is 22.8. The summed E-state index contributed by atoms with van der Waals surface area (Å²) in [5.74, 6) is 1.54. The molecule has 3 rings (SSSR count). The Labute approximate surface area is 174 Å². The number of piperidine rings is 1. The van der Waals surface area contributed by atoms with Gasteiger partial charge in [0.2, 0.25) is 5.91 Å². The molecule has 2 fully saturated rings. The van der Waals surface area contributed by atoms with Crippen molar-refractivity contribution >= 4 is 18.3 Å². The summed E-state index contributed by atoms with van der Waals surface area (Å²) in [5.41, 5.74) is 0.502. The van der Waals surface area contributed by atoms with Crippen molar-refractivity contribution in [1.82, 2.24) is 10.6 Å². The Morgan fingerprint density at radius 1 is 1.21 bits per heavy atom. The largest absolute Gasteiger partial charge is 0.493 e. The zero-order chi connectivity index (χ0) is 19.1. The number of methoxy groups -OCH3 is 2. The van der Waals surface area contributed by atoms with Crippen LogP contribution in [0.4, 0.5) is 0 Å². The lowest BCUT2D eigenvalue weighted by Crippen LogP contribution is -2.50. The van der Waals surface area contributed by atoms with Crippen LogP contribution in [0.1, 0.15) is 44.1 Å². The maximum atomic E-state index is 13.0. The predicted octanol–water partition coefficient (Wildman–Crippen LogP) is 3.07. The van der Waals surface area contributed by atoms with E-state index < -0.39 is 5.41 Å². The van der Waals surface area contributed by atoms with E-state index in [4.69, 9.17) is 14.2 Å². The quantitative estimate of drug-likeness (QED) is 0.686. The SMILES string of the molecule is COCC1(C(=O)NCc2cccc(OC)c2OC2CCCC2)CCNCC1.Cl. The molecular formula is C21H33ClN2O4. The Bertz CT molecular complexity index is 623. The number of carbonyl (C=O) groups excluding carboxylic acids is 1. The van der Waals surface area contributed by atoms with Crippen LogP contribution in [-0.4, -0.2) is 45.9 Å². The van der Waals surface area contributed by atoms with E-state index in [9.17, 15) is 4.79 Å². The molecule has 1 aliphatic carbocycles. The van der Waals surface area contributed by atoms with E-state index in [1.54, 1.807) is 14.2 Å². The minimum atomic E-state index is -0.453. The number of nitrogens with one attached hydrogen (secondary N) is 2. The monoisotopic (exact) mass is 412 g/mol. The third kappa shape index (κ3) is 5.31. The van der Waals surface area contributed by atoms with Gasteiger partial charge in [0.25, 0.3) is 0 Å². The van der Waals surface area contributed by atoms with E-state index in [0.29, 0.717) is 13.2 Å². The molecule has 2 N–H and O–H groups in total. The van der Waals surface area contributed by atoms with Gasteiger partial charge in [0.15, 0.2) is 11.5 Å². The summed E-state index contributed by atoms with van der Waals surface area (Å²) in [4.78, 5) is 13.0. The molecule has 7 heteroatoms. The predicted molar refractivity (Wildman–Crippen MR) is 111 cm³/mol. The molecule has 1 saturated carbocycles. The Hall–Kier alpha value is -1.50. The highest BCUT2D eigenvalue weighted by Gasteiger charge is 2.39. The van der Waals surface area contributed by atoms with E-state index in [1.807, 2.05) is 18.2 Å². The van der Waals surface area contributed by atoms with Crippen molar-refractivity contribution in [2.75, 3.05) is 33.9 Å². The molecular weight excluding hydrogens is 380 g/mol. The molecule has 0 unspecified atom stereocenters. The fourth-order valence-electron chi connectivity index (χ4n) is 4.15. The Morgan fingerprint density at radius 2 is 1.93 bits per heavy atom. The molecule has 1 amide bonds. The summed E-state index contributed by atoms with van der Waals surface area (Å²) in [6.07, 6.45) is 6.38. The molecule has 0 spiro atoms. The maximum Gasteiger partial charge on any atom is 0.228 e. The van der Waals surface area contributed by atoms with Crippen LogP contribution < -0.4 is 20.1 Å². The molecule has 1 aliphatic heterocycles. The summed E-state index contributed by atoms with van der Waals surface area (Å²) in [7, 11) is 3.31. The van der Waals surface area contributed by atoms with Crippen LogP contribution in [0, 0.1) is 5.41 Å². The Kier molecular flexibility index (Phi) is 8.86. The van der Waals surface area contributed by atoms with Gasteiger partial charge in [-0.2, -0.15) is 0 Å². The van der Waals surface area contributed by atoms with Crippen molar-refractivity contribution in [3.63, 3.8) is 0 Å². The van der Waals surface area contributed by atoms with Gasteiger partial charge in [0, 0.05) is 19.2 Å². The first-order valence-corrected chi connectivity index (χ1v) is 9.99. The normalized spacial score (nSPS) is 18.9. The topological polar surface area (TPSA) is 68.8 Å². The highest BCUT2D eigenvalue weighted by atomic mass is 35.5. The lowest BCUT2D eigenvalue weighted by atomic mass is 9.78. The van der Waals surface area contributed by atoms with Gasteiger partial charge in [-0.15, -0.1) is 12.4 Å². The van der Waals surface area contributed by atoms with Crippen LogP contribution >= 0.6 is 12.4 Å². The van der Waals surface area contributed by atoms with Gasteiger partial charge in [0.05, 0.1) is 25.2 Å². The number of hydrogen-bond donors (Lipinski definition) is 2. The fourth-order valence-corrected chi connectivity index (χ4v) is 4.15. The molecule has 1 heterocycles. The third-order valence-corrected chi connectivity index (χ3v) is 5.77. The molecule has 6 nitrogen and oxygen atoms in total. The zero-order valence-electron chi connectivity index (χ0n) is 16.9. The van der Waals surface area contributed by atoms with Gasteiger partial charge in [0.1, 0.15) is 0 Å². The number of ether oxygens (including phenoxy) is 3. The Morgan fingerprint density at radius 3 is 2.57 bits per heavy atom. The number of halogens is 1. The first-order chi connectivity index (χ1) is 13.2. The number of hydrogen-bond acceptors (Lipinski definition) is 5. The van der Waals surface area contributed by atoms with Crippen LogP contribution in [0.3, 0.4) is 0 Å². The number of amides is 1. The summed E-state index contributed by atoms with van der Waals surface area (Å²) in [5, 5.41) is 6.45. The minimum absolute atomic E-state index is 0. The average Bonchev–Trinajstić information content (AvgIpc) is 3.21. The van der Waals surface area contributed by atoms with E-state index in [-0.39, 0.29) is 24.4 Å². The van der Waals surface area contributed by atoms with Gasteiger partial charge in [-0.25, -0.2) is 0 Å². The number of carbonyl (C=O) groups is 1. The third-order valence-electron chi connectivity index (χ3n) is 5.77. The molecule has 2 aliphatic rings. The van der Waals surface area contributed by atoms with Crippen molar-refractivity contribution < 1.29 is 19.0 Å². The van der Waals surface area contributed by atoms with E-state index in [2.05, 4.69) is 10.6 Å². The van der Waals surface area contributed by atoms with Gasteiger partial charge in [-0.1, -0.05) is 12.1 Å². The Balaban J connectivity index is 0.00000280. The molecule has 0 aromatic heterocycles. The van der Waals surface area contributed by atoms with Gasteiger partial charge >= 0.3 is 0 Å². The molecule has 0 bridgehead atoms. The number of para-hydroxylation sites is 1.